The van der Waals surface area contributed by atoms with Crippen LogP contribution in [0.2, 0.25) is 0 Å². The lowest BCUT2D eigenvalue weighted by Crippen LogP contribution is -2.49. The highest BCUT2D eigenvalue weighted by Crippen LogP contribution is 2.65. The number of benzene rings is 3. The van der Waals surface area contributed by atoms with E-state index in [2.05, 4.69) is 138 Å². The van der Waals surface area contributed by atoms with Gasteiger partial charge in [-0.3, -0.25) is 0 Å². The van der Waals surface area contributed by atoms with E-state index in [1.807, 2.05) is 0 Å². The van der Waals surface area contributed by atoms with E-state index in [9.17, 15) is 0 Å². The van der Waals surface area contributed by atoms with Crippen LogP contribution in [0.1, 0.15) is 116 Å². The summed E-state index contributed by atoms with van der Waals surface area (Å²) in [4.78, 5) is 0. The molecular formula is C46H58O. The van der Waals surface area contributed by atoms with E-state index in [0.29, 0.717) is 22.7 Å². The first-order chi connectivity index (χ1) is 22.8. The van der Waals surface area contributed by atoms with E-state index in [0.717, 1.165) is 30.6 Å². The van der Waals surface area contributed by atoms with Crippen molar-refractivity contribution in [3.05, 3.63) is 131 Å². The molecule has 0 unspecified atom stereocenters. The fraction of sp³-hybridized carbons (Fsp3) is 0.522. The van der Waals surface area contributed by atoms with E-state index >= 15 is 0 Å². The molecule has 0 bridgehead atoms. The summed E-state index contributed by atoms with van der Waals surface area (Å²) in [5.41, 5.74) is 7.22. The van der Waals surface area contributed by atoms with Gasteiger partial charge in [0.05, 0.1) is 6.10 Å². The van der Waals surface area contributed by atoms with Gasteiger partial charge in [0.1, 0.15) is 5.60 Å². The summed E-state index contributed by atoms with van der Waals surface area (Å²) in [6.45, 7) is 12.6. The molecule has 3 aromatic rings. The maximum atomic E-state index is 7.61. The van der Waals surface area contributed by atoms with Crippen molar-refractivity contribution in [1.29, 1.82) is 0 Å². The summed E-state index contributed by atoms with van der Waals surface area (Å²) >= 11 is 0. The fourth-order valence-electron chi connectivity index (χ4n) is 10.9. The molecule has 1 heteroatoms. The average molecular weight is 627 g/mol. The molecule has 0 radical (unpaired) electrons. The Kier molecular flexibility index (Phi) is 9.16. The molecule has 47 heavy (non-hydrogen) atoms. The number of fused-ring (bicyclic) bond motifs is 5. The molecule has 4 aliphatic carbocycles. The smallest absolute Gasteiger partial charge is 0.144 e. The lowest BCUT2D eigenvalue weighted by molar-refractivity contribution is -0.106. The molecule has 3 aromatic carbocycles. The molecule has 0 spiro atoms. The van der Waals surface area contributed by atoms with Crippen molar-refractivity contribution in [1.82, 2.24) is 0 Å². The number of hydrogen-bond donors (Lipinski definition) is 0. The van der Waals surface area contributed by atoms with Crippen molar-refractivity contribution < 1.29 is 4.74 Å². The summed E-state index contributed by atoms with van der Waals surface area (Å²) in [6.07, 6.45) is 18.5. The lowest BCUT2D eigenvalue weighted by Gasteiger charge is -2.57. The quantitative estimate of drug-likeness (QED) is 0.203. The highest BCUT2D eigenvalue weighted by atomic mass is 16.5. The zero-order valence-corrected chi connectivity index (χ0v) is 29.8. The minimum absolute atomic E-state index is 0.208. The second kappa shape index (κ2) is 13.2. The zero-order valence-electron chi connectivity index (χ0n) is 29.8. The van der Waals surface area contributed by atoms with Gasteiger partial charge in [-0.05, 0) is 113 Å². The van der Waals surface area contributed by atoms with Gasteiger partial charge >= 0.3 is 0 Å². The van der Waals surface area contributed by atoms with Crippen LogP contribution < -0.4 is 0 Å². The van der Waals surface area contributed by atoms with Crippen LogP contribution >= 0.6 is 0 Å². The summed E-state index contributed by atoms with van der Waals surface area (Å²) < 4.78 is 7.61. The van der Waals surface area contributed by atoms with Crippen LogP contribution in [0, 0.1) is 40.4 Å². The SMILES string of the molecule is CC(C)CCC[C@@H](C)[C@H]1CC=C2C3=CC[C@H]4C[C@@H](OC(c5ccccc5)(c5ccccc5)c5ccccc5)CC[C@]4(C)[C@H]3CC[C@@]21C. The third-order valence-electron chi connectivity index (χ3n) is 13.6. The fourth-order valence-corrected chi connectivity index (χ4v) is 10.9. The van der Waals surface area contributed by atoms with E-state index < -0.39 is 5.60 Å². The molecule has 248 valence electrons. The topological polar surface area (TPSA) is 9.23 Å². The Bertz CT molecular complexity index is 1450. The van der Waals surface area contributed by atoms with E-state index in [-0.39, 0.29) is 6.10 Å². The summed E-state index contributed by atoms with van der Waals surface area (Å²) in [5, 5.41) is 0. The molecule has 1 nitrogen and oxygen atoms in total. The summed E-state index contributed by atoms with van der Waals surface area (Å²) in [7, 11) is 0. The third kappa shape index (κ3) is 5.79. The normalized spacial score (nSPS) is 30.9. The van der Waals surface area contributed by atoms with Gasteiger partial charge in [-0.1, -0.05) is 157 Å². The van der Waals surface area contributed by atoms with Crippen LogP contribution in [0.5, 0.6) is 0 Å². The van der Waals surface area contributed by atoms with Gasteiger partial charge in [0, 0.05) is 0 Å². The summed E-state index contributed by atoms with van der Waals surface area (Å²) in [5.74, 6) is 3.79. The Balaban J connectivity index is 1.14. The molecule has 2 fully saturated rings. The Morgan fingerprint density at radius 3 is 1.89 bits per heavy atom. The second-order valence-corrected chi connectivity index (χ2v) is 16.7. The van der Waals surface area contributed by atoms with Crippen LogP contribution in [0.3, 0.4) is 0 Å². The van der Waals surface area contributed by atoms with Crippen molar-refractivity contribution in [2.75, 3.05) is 0 Å². The molecule has 2 saturated carbocycles. The van der Waals surface area contributed by atoms with Gasteiger partial charge < -0.3 is 4.74 Å². The van der Waals surface area contributed by atoms with Gasteiger partial charge in [-0.2, -0.15) is 0 Å². The van der Waals surface area contributed by atoms with Crippen LogP contribution in [0.15, 0.2) is 114 Å². The molecule has 0 N–H and O–H groups in total. The van der Waals surface area contributed by atoms with Crippen molar-refractivity contribution in [3.63, 3.8) is 0 Å². The molecule has 0 amide bonds. The first-order valence-corrected chi connectivity index (χ1v) is 19.0. The molecular weight excluding hydrogens is 569 g/mol. The number of rotatable bonds is 10. The predicted molar refractivity (Wildman–Crippen MR) is 197 cm³/mol. The third-order valence-corrected chi connectivity index (χ3v) is 13.6. The Morgan fingerprint density at radius 1 is 0.723 bits per heavy atom. The maximum Gasteiger partial charge on any atom is 0.144 e. The van der Waals surface area contributed by atoms with E-state index in [1.165, 1.54) is 68.1 Å². The van der Waals surface area contributed by atoms with Crippen LogP contribution in [0.4, 0.5) is 0 Å². The average Bonchev–Trinajstić information content (AvgIpc) is 3.45. The van der Waals surface area contributed by atoms with Gasteiger partial charge in [-0.15, -0.1) is 0 Å². The van der Waals surface area contributed by atoms with Crippen LogP contribution in [-0.2, 0) is 10.3 Å². The first-order valence-electron chi connectivity index (χ1n) is 19.0. The molecule has 7 rings (SSSR count). The maximum absolute atomic E-state index is 7.61. The number of hydrogen-bond acceptors (Lipinski definition) is 1. The van der Waals surface area contributed by atoms with Gasteiger partial charge in [0.25, 0.3) is 0 Å². The first kappa shape index (κ1) is 32.6. The Morgan fingerprint density at radius 2 is 1.32 bits per heavy atom. The number of allylic oxidation sites excluding steroid dienone is 4. The zero-order chi connectivity index (χ0) is 32.6. The van der Waals surface area contributed by atoms with Gasteiger partial charge in [-0.25, -0.2) is 0 Å². The molecule has 0 aliphatic heterocycles. The molecule has 4 aliphatic rings. The monoisotopic (exact) mass is 626 g/mol. The molecule has 0 heterocycles. The van der Waals surface area contributed by atoms with Gasteiger partial charge in [0.2, 0.25) is 0 Å². The van der Waals surface area contributed by atoms with E-state index in [4.69, 9.17) is 4.74 Å². The predicted octanol–water partition coefficient (Wildman–Crippen LogP) is 12.3. The minimum atomic E-state index is -0.639. The van der Waals surface area contributed by atoms with Crippen molar-refractivity contribution in [3.8, 4) is 0 Å². The summed E-state index contributed by atoms with van der Waals surface area (Å²) in [6, 6.07) is 32.9. The molecule has 7 atom stereocenters. The Labute approximate surface area is 285 Å². The molecule has 0 aromatic heterocycles. The number of ether oxygens (including phenoxy) is 1. The largest absolute Gasteiger partial charge is 0.358 e. The Hall–Kier alpha value is -2.90. The van der Waals surface area contributed by atoms with Crippen molar-refractivity contribution in [2.24, 2.45) is 40.4 Å². The highest BCUT2D eigenvalue weighted by Gasteiger charge is 2.56. The van der Waals surface area contributed by atoms with Crippen LogP contribution in [-0.4, -0.2) is 6.10 Å². The van der Waals surface area contributed by atoms with Crippen LogP contribution in [0.25, 0.3) is 0 Å². The van der Waals surface area contributed by atoms with E-state index in [1.54, 1.807) is 11.1 Å². The minimum Gasteiger partial charge on any atom is -0.358 e. The van der Waals surface area contributed by atoms with Crippen molar-refractivity contribution in [2.45, 2.75) is 111 Å². The second-order valence-electron chi connectivity index (χ2n) is 16.7. The van der Waals surface area contributed by atoms with Crippen molar-refractivity contribution >= 4 is 0 Å². The standard InChI is InChI=1S/C46H58O/c1-33(2)16-15-17-34(3)41-26-27-42-40-25-24-38-32-39(28-30-44(38,4)43(40)29-31-45(41,42)5)47-46(35-18-9-6-10-19-35,36-20-11-7-12-21-36)37-22-13-8-14-23-37/h6-14,18-23,25,27,33-34,38-39,41,43H,15-17,24,26,28-32H2,1-5H3/t34-,38+,39+,41-,43+,44+,45-/m1/s1. The van der Waals surface area contributed by atoms with Gasteiger partial charge in [0.15, 0.2) is 0 Å². The molecule has 0 saturated heterocycles. The lowest BCUT2D eigenvalue weighted by atomic mass is 9.48. The highest BCUT2D eigenvalue weighted by molar-refractivity contribution is 5.48.